The van der Waals surface area contributed by atoms with Crippen molar-refractivity contribution in [2.75, 3.05) is 38.7 Å². The zero-order valence-corrected chi connectivity index (χ0v) is 17.9. The molecule has 0 atom stereocenters. The van der Waals surface area contributed by atoms with Crippen LogP contribution in [0.15, 0.2) is 23.2 Å². The lowest BCUT2D eigenvalue weighted by atomic mass is 9.94. The van der Waals surface area contributed by atoms with Gasteiger partial charge in [0.1, 0.15) is 0 Å². The van der Waals surface area contributed by atoms with Gasteiger partial charge in [-0.15, -0.1) is 24.0 Å². The molecule has 0 radical (unpaired) electrons. The van der Waals surface area contributed by atoms with Crippen molar-refractivity contribution in [1.29, 1.82) is 0 Å². The van der Waals surface area contributed by atoms with E-state index in [1.54, 1.807) is 0 Å². The van der Waals surface area contributed by atoms with Gasteiger partial charge >= 0.3 is 0 Å². The Kier molecular flexibility index (Phi) is 8.77. The Labute approximate surface area is 173 Å². The number of rotatable bonds is 5. The van der Waals surface area contributed by atoms with Crippen LogP contribution < -0.4 is 20.5 Å². The second-order valence-corrected chi connectivity index (χ2v) is 6.88. The molecule has 6 nitrogen and oxygen atoms in total. The molecule has 1 aliphatic heterocycles. The lowest BCUT2D eigenvalue weighted by molar-refractivity contribution is 0.196. The minimum absolute atomic E-state index is 0. The summed E-state index contributed by atoms with van der Waals surface area (Å²) in [7, 11) is 2.19. The molecule has 1 saturated carbocycles. The molecule has 3 rings (SSSR count). The van der Waals surface area contributed by atoms with Gasteiger partial charge in [-0.3, -0.25) is 4.99 Å². The lowest BCUT2D eigenvalue weighted by Crippen LogP contribution is -2.35. The number of guanidine groups is 1. The van der Waals surface area contributed by atoms with Gasteiger partial charge in [-0.1, -0.05) is 19.3 Å². The molecule has 2 aliphatic rings. The number of nitrogens with two attached hydrogens (primary N) is 1. The number of aliphatic imine (C=N–C) groups is 1. The first-order valence-electron chi connectivity index (χ1n) is 9.39. The maximum absolute atomic E-state index is 6.03. The van der Waals surface area contributed by atoms with Gasteiger partial charge < -0.3 is 25.4 Å². The molecule has 1 aromatic carbocycles. The first kappa shape index (κ1) is 21.1. The van der Waals surface area contributed by atoms with E-state index in [1.165, 1.54) is 32.1 Å². The summed E-state index contributed by atoms with van der Waals surface area (Å²) in [4.78, 5) is 6.87. The second kappa shape index (κ2) is 10.8. The van der Waals surface area contributed by atoms with Crippen molar-refractivity contribution in [1.82, 2.24) is 4.90 Å². The lowest BCUT2D eigenvalue weighted by Gasteiger charge is -2.30. The third-order valence-electron chi connectivity index (χ3n) is 4.95. The Morgan fingerprint density at radius 2 is 1.88 bits per heavy atom. The number of ether oxygens (including phenoxy) is 2. The Hall–Kier alpha value is -1.22. The predicted octanol–water partition coefficient (Wildman–Crippen LogP) is 3.46. The van der Waals surface area contributed by atoms with Crippen LogP contribution in [0.25, 0.3) is 0 Å². The molecule has 26 heavy (non-hydrogen) atoms. The fraction of sp³-hybridized carbons (Fsp3) is 0.632. The van der Waals surface area contributed by atoms with Crippen LogP contribution in [0.2, 0.25) is 0 Å². The van der Waals surface area contributed by atoms with Crippen molar-refractivity contribution in [2.45, 2.75) is 44.6 Å². The third kappa shape index (κ3) is 6.19. The predicted molar refractivity (Wildman–Crippen MR) is 117 cm³/mol. The number of hydrogen-bond acceptors (Lipinski definition) is 4. The SMILES string of the molecule is CN(CCN=C(N)Nc1ccc2c(c1)OCCCO2)C1CCCCC1.I. The minimum atomic E-state index is 0. The number of fused-ring (bicyclic) bond motifs is 1. The van der Waals surface area contributed by atoms with E-state index in [0.29, 0.717) is 31.8 Å². The van der Waals surface area contributed by atoms with E-state index in [-0.39, 0.29) is 24.0 Å². The zero-order valence-electron chi connectivity index (χ0n) is 15.6. The molecule has 1 fully saturated rings. The van der Waals surface area contributed by atoms with E-state index >= 15 is 0 Å². The largest absolute Gasteiger partial charge is 0.490 e. The molecule has 0 spiro atoms. The van der Waals surface area contributed by atoms with Crippen LogP contribution in [0.5, 0.6) is 11.5 Å². The molecule has 3 N–H and O–H groups in total. The third-order valence-corrected chi connectivity index (χ3v) is 4.95. The number of nitrogens with one attached hydrogen (secondary N) is 1. The van der Waals surface area contributed by atoms with Crippen molar-refractivity contribution < 1.29 is 9.47 Å². The van der Waals surface area contributed by atoms with Crippen molar-refractivity contribution in [3.05, 3.63) is 18.2 Å². The summed E-state index contributed by atoms with van der Waals surface area (Å²) in [5.41, 5.74) is 6.89. The van der Waals surface area contributed by atoms with Crippen LogP contribution in [-0.4, -0.2) is 50.3 Å². The first-order valence-corrected chi connectivity index (χ1v) is 9.39. The number of likely N-dealkylation sites (N-methyl/N-ethyl adjacent to an activating group) is 1. The maximum atomic E-state index is 6.03. The molecule has 0 bridgehead atoms. The van der Waals surface area contributed by atoms with E-state index in [4.69, 9.17) is 15.2 Å². The molecule has 0 aromatic heterocycles. The molecule has 1 aromatic rings. The van der Waals surface area contributed by atoms with Gasteiger partial charge in [-0.05, 0) is 32.0 Å². The Morgan fingerprint density at radius 3 is 2.65 bits per heavy atom. The Bertz CT molecular complexity index is 591. The van der Waals surface area contributed by atoms with Gasteiger partial charge in [-0.2, -0.15) is 0 Å². The van der Waals surface area contributed by atoms with E-state index < -0.39 is 0 Å². The van der Waals surface area contributed by atoms with Crippen LogP contribution in [0.1, 0.15) is 38.5 Å². The molecule has 146 valence electrons. The molecule has 0 unspecified atom stereocenters. The Morgan fingerprint density at radius 1 is 1.15 bits per heavy atom. The summed E-state index contributed by atoms with van der Waals surface area (Å²) in [6.45, 7) is 3.01. The summed E-state index contributed by atoms with van der Waals surface area (Å²) in [5, 5.41) is 3.14. The topological polar surface area (TPSA) is 72.1 Å². The maximum Gasteiger partial charge on any atom is 0.193 e. The fourth-order valence-corrected chi connectivity index (χ4v) is 3.46. The van der Waals surface area contributed by atoms with Crippen LogP contribution >= 0.6 is 24.0 Å². The number of hydrogen-bond donors (Lipinski definition) is 2. The quantitative estimate of drug-likeness (QED) is 0.389. The van der Waals surface area contributed by atoms with Gasteiger partial charge in [0.15, 0.2) is 17.5 Å². The highest BCUT2D eigenvalue weighted by Crippen LogP contribution is 2.32. The summed E-state index contributed by atoms with van der Waals surface area (Å²) in [6, 6.07) is 6.47. The molecule has 1 aliphatic carbocycles. The first-order chi connectivity index (χ1) is 12.2. The molecule has 0 amide bonds. The van der Waals surface area contributed by atoms with Gasteiger partial charge in [0.25, 0.3) is 0 Å². The second-order valence-electron chi connectivity index (χ2n) is 6.88. The van der Waals surface area contributed by atoms with E-state index in [0.717, 1.165) is 30.2 Å². The molecule has 1 heterocycles. The highest BCUT2D eigenvalue weighted by Gasteiger charge is 2.17. The highest BCUT2D eigenvalue weighted by atomic mass is 127. The van der Waals surface area contributed by atoms with Gasteiger partial charge in [0.05, 0.1) is 19.8 Å². The fourth-order valence-electron chi connectivity index (χ4n) is 3.46. The van der Waals surface area contributed by atoms with E-state index in [2.05, 4.69) is 22.3 Å². The van der Waals surface area contributed by atoms with Crippen molar-refractivity contribution >= 4 is 35.6 Å². The average Bonchev–Trinajstić information content (AvgIpc) is 2.87. The number of anilines is 1. The van der Waals surface area contributed by atoms with Crippen LogP contribution in [-0.2, 0) is 0 Å². The number of halogens is 1. The van der Waals surface area contributed by atoms with Crippen LogP contribution in [0.4, 0.5) is 5.69 Å². The van der Waals surface area contributed by atoms with E-state index in [1.807, 2.05) is 18.2 Å². The van der Waals surface area contributed by atoms with Gasteiger partial charge in [-0.25, -0.2) is 0 Å². The summed E-state index contributed by atoms with van der Waals surface area (Å²) < 4.78 is 11.3. The summed E-state index contributed by atoms with van der Waals surface area (Å²) >= 11 is 0. The minimum Gasteiger partial charge on any atom is -0.490 e. The zero-order chi connectivity index (χ0) is 17.5. The highest BCUT2D eigenvalue weighted by molar-refractivity contribution is 14.0. The molecule has 7 heteroatoms. The van der Waals surface area contributed by atoms with Gasteiger partial charge in [0.2, 0.25) is 0 Å². The molecule has 0 saturated heterocycles. The monoisotopic (exact) mass is 474 g/mol. The smallest absolute Gasteiger partial charge is 0.193 e. The van der Waals surface area contributed by atoms with E-state index in [9.17, 15) is 0 Å². The summed E-state index contributed by atoms with van der Waals surface area (Å²) in [6.07, 6.45) is 7.61. The standard InChI is InChI=1S/C19H30N4O2.HI/c1-23(16-6-3-2-4-7-16)11-10-21-19(20)22-15-8-9-17-18(14-15)25-13-5-12-24-17;/h8-9,14,16H,2-7,10-13H2,1H3,(H3,20,21,22);1H. The van der Waals surface area contributed by atoms with Crippen LogP contribution in [0.3, 0.4) is 0 Å². The number of nitrogens with zero attached hydrogens (tertiary/aromatic N) is 2. The molecular weight excluding hydrogens is 443 g/mol. The Balaban J connectivity index is 0.00000243. The molecular formula is C19H31IN4O2. The van der Waals surface area contributed by atoms with Crippen molar-refractivity contribution in [3.8, 4) is 11.5 Å². The average molecular weight is 474 g/mol. The van der Waals surface area contributed by atoms with Crippen LogP contribution in [0, 0.1) is 0 Å². The van der Waals surface area contributed by atoms with Crippen molar-refractivity contribution in [3.63, 3.8) is 0 Å². The normalized spacial score (nSPS) is 18.2. The van der Waals surface area contributed by atoms with Gasteiger partial charge in [0, 0.05) is 30.8 Å². The summed E-state index contributed by atoms with van der Waals surface area (Å²) in [5.74, 6) is 1.98. The number of benzene rings is 1. The van der Waals surface area contributed by atoms with Crippen molar-refractivity contribution in [2.24, 2.45) is 10.7 Å².